The second kappa shape index (κ2) is 5.52. The zero-order valence-corrected chi connectivity index (χ0v) is 10.6. The zero-order chi connectivity index (χ0) is 14.7. The normalized spacial score (nSPS) is 10.3. The molecule has 0 aliphatic rings. The van der Waals surface area contributed by atoms with E-state index in [-0.39, 0.29) is 17.9 Å². The van der Waals surface area contributed by atoms with Crippen LogP contribution in [0.25, 0.3) is 0 Å². The number of para-hydroxylation sites is 1. The first-order valence-corrected chi connectivity index (χ1v) is 5.79. The average molecular weight is 277 g/mol. The Morgan fingerprint density at radius 3 is 2.75 bits per heavy atom. The third kappa shape index (κ3) is 2.82. The molecule has 0 atom stereocenters. The minimum atomic E-state index is -1.18. The van der Waals surface area contributed by atoms with E-state index in [1.807, 2.05) is 0 Å². The summed E-state index contributed by atoms with van der Waals surface area (Å²) >= 11 is 0. The molecule has 2 aromatic rings. The molecule has 1 aromatic carbocycles. The van der Waals surface area contributed by atoms with Gasteiger partial charge in [-0.3, -0.25) is 4.79 Å². The molecule has 7 heteroatoms. The van der Waals surface area contributed by atoms with Crippen LogP contribution in [-0.4, -0.2) is 26.5 Å². The first-order valence-electron chi connectivity index (χ1n) is 5.79. The predicted octanol–water partition coefficient (Wildman–Crippen LogP) is 1.67. The van der Waals surface area contributed by atoms with Crippen molar-refractivity contribution in [3.63, 3.8) is 0 Å². The van der Waals surface area contributed by atoms with E-state index in [9.17, 15) is 14.0 Å². The van der Waals surface area contributed by atoms with Crippen molar-refractivity contribution in [1.29, 1.82) is 0 Å². The van der Waals surface area contributed by atoms with Gasteiger partial charge in [0.25, 0.3) is 0 Å². The third-order valence-corrected chi connectivity index (χ3v) is 2.72. The van der Waals surface area contributed by atoms with Crippen LogP contribution in [0.4, 0.5) is 10.1 Å². The van der Waals surface area contributed by atoms with Crippen LogP contribution in [0, 0.1) is 12.7 Å². The summed E-state index contributed by atoms with van der Waals surface area (Å²) in [7, 11) is 0. The second-order valence-electron chi connectivity index (χ2n) is 4.11. The number of nitrogens with zero attached hydrogens (tertiary/aromatic N) is 2. The summed E-state index contributed by atoms with van der Waals surface area (Å²) in [5.74, 6) is -1.87. The van der Waals surface area contributed by atoms with Gasteiger partial charge >= 0.3 is 5.97 Å². The van der Waals surface area contributed by atoms with Crippen LogP contribution < -0.4 is 5.32 Å². The summed E-state index contributed by atoms with van der Waals surface area (Å²) in [6, 6.07) is 5.74. The summed E-state index contributed by atoms with van der Waals surface area (Å²) in [6.45, 7) is 1.34. The van der Waals surface area contributed by atoms with Crippen LogP contribution in [0.15, 0.2) is 30.5 Å². The van der Waals surface area contributed by atoms with Gasteiger partial charge in [-0.2, -0.15) is 0 Å². The minimum Gasteiger partial charge on any atom is -0.477 e. The van der Waals surface area contributed by atoms with E-state index in [1.54, 1.807) is 13.0 Å². The molecule has 0 unspecified atom stereocenters. The first kappa shape index (κ1) is 13.7. The van der Waals surface area contributed by atoms with Gasteiger partial charge in [0.2, 0.25) is 5.91 Å². The lowest BCUT2D eigenvalue weighted by Crippen LogP contribution is -2.22. The Bertz CT molecular complexity index is 667. The molecule has 1 heterocycles. The van der Waals surface area contributed by atoms with Gasteiger partial charge in [-0.05, 0) is 19.1 Å². The molecule has 2 rings (SSSR count). The number of rotatable bonds is 4. The number of carboxylic acids is 1. The SMILES string of the molecule is Cc1ncc(C(=O)O)n1CC(=O)Nc1ccccc1F. The highest BCUT2D eigenvalue weighted by atomic mass is 19.1. The molecule has 20 heavy (non-hydrogen) atoms. The summed E-state index contributed by atoms with van der Waals surface area (Å²) < 4.78 is 14.6. The Kier molecular flexibility index (Phi) is 3.79. The van der Waals surface area contributed by atoms with Crippen molar-refractivity contribution < 1.29 is 19.1 Å². The van der Waals surface area contributed by atoms with Crippen LogP contribution in [0.2, 0.25) is 0 Å². The number of anilines is 1. The minimum absolute atomic E-state index is 0.0483. The van der Waals surface area contributed by atoms with Gasteiger partial charge in [-0.25, -0.2) is 14.2 Å². The number of carboxylic acid groups (broad SMARTS) is 1. The highest BCUT2D eigenvalue weighted by Gasteiger charge is 2.16. The van der Waals surface area contributed by atoms with E-state index in [0.29, 0.717) is 5.82 Å². The van der Waals surface area contributed by atoms with Crippen molar-refractivity contribution >= 4 is 17.6 Å². The maximum absolute atomic E-state index is 13.4. The number of aromatic nitrogens is 2. The Balaban J connectivity index is 2.15. The zero-order valence-electron chi connectivity index (χ0n) is 10.6. The lowest BCUT2D eigenvalue weighted by Gasteiger charge is -2.09. The second-order valence-corrected chi connectivity index (χ2v) is 4.11. The van der Waals surface area contributed by atoms with Crippen LogP contribution >= 0.6 is 0 Å². The molecule has 0 saturated carbocycles. The van der Waals surface area contributed by atoms with Crippen molar-refractivity contribution in [2.75, 3.05) is 5.32 Å². The smallest absolute Gasteiger partial charge is 0.354 e. The van der Waals surface area contributed by atoms with E-state index in [0.717, 1.165) is 0 Å². The monoisotopic (exact) mass is 277 g/mol. The molecule has 0 fully saturated rings. The van der Waals surface area contributed by atoms with Gasteiger partial charge in [0.1, 0.15) is 23.9 Å². The van der Waals surface area contributed by atoms with Gasteiger partial charge in [0.15, 0.2) is 0 Å². The van der Waals surface area contributed by atoms with E-state index in [4.69, 9.17) is 5.11 Å². The highest BCUT2D eigenvalue weighted by molar-refractivity contribution is 5.92. The summed E-state index contributed by atoms with van der Waals surface area (Å²) in [5, 5.41) is 11.4. The Morgan fingerprint density at radius 2 is 2.10 bits per heavy atom. The predicted molar refractivity (Wildman–Crippen MR) is 69.0 cm³/mol. The lowest BCUT2D eigenvalue weighted by molar-refractivity contribution is -0.116. The molecule has 0 aliphatic carbocycles. The molecule has 1 aromatic heterocycles. The average Bonchev–Trinajstić information content (AvgIpc) is 2.74. The van der Waals surface area contributed by atoms with Gasteiger partial charge in [-0.15, -0.1) is 0 Å². The Morgan fingerprint density at radius 1 is 1.40 bits per heavy atom. The third-order valence-electron chi connectivity index (χ3n) is 2.72. The van der Waals surface area contributed by atoms with Gasteiger partial charge in [0.05, 0.1) is 11.9 Å². The molecular formula is C13H12FN3O3. The molecule has 1 amide bonds. The van der Waals surface area contributed by atoms with Gasteiger partial charge in [0, 0.05) is 0 Å². The number of benzene rings is 1. The summed E-state index contributed by atoms with van der Waals surface area (Å²) in [4.78, 5) is 26.7. The molecule has 0 radical (unpaired) electrons. The number of amides is 1. The first-order chi connectivity index (χ1) is 9.49. The van der Waals surface area contributed by atoms with Crippen LogP contribution in [-0.2, 0) is 11.3 Å². The fourth-order valence-electron chi connectivity index (χ4n) is 1.73. The van der Waals surface area contributed by atoms with Crippen molar-refractivity contribution in [1.82, 2.24) is 9.55 Å². The molecule has 0 bridgehead atoms. The standard InChI is InChI=1S/C13H12FN3O3/c1-8-15-6-11(13(19)20)17(8)7-12(18)16-10-5-3-2-4-9(10)14/h2-6H,7H2,1H3,(H,16,18)(H,19,20). The lowest BCUT2D eigenvalue weighted by atomic mass is 10.3. The molecule has 6 nitrogen and oxygen atoms in total. The molecule has 0 spiro atoms. The van der Waals surface area contributed by atoms with Gasteiger partial charge in [-0.1, -0.05) is 12.1 Å². The maximum atomic E-state index is 13.4. The number of carbonyl (C=O) groups is 2. The van der Waals surface area contributed by atoms with Crippen molar-refractivity contribution in [3.05, 3.63) is 47.8 Å². The quantitative estimate of drug-likeness (QED) is 0.890. The summed E-state index contributed by atoms with van der Waals surface area (Å²) in [6.07, 6.45) is 1.17. The van der Waals surface area contributed by atoms with Crippen molar-refractivity contribution in [3.8, 4) is 0 Å². The fourth-order valence-corrected chi connectivity index (χ4v) is 1.73. The molecule has 104 valence electrons. The fraction of sp³-hybridized carbons (Fsp3) is 0.154. The van der Waals surface area contributed by atoms with E-state index in [2.05, 4.69) is 10.3 Å². The number of imidazole rings is 1. The van der Waals surface area contributed by atoms with E-state index in [1.165, 1.54) is 29.0 Å². The Labute approximate surface area is 113 Å². The largest absolute Gasteiger partial charge is 0.477 e. The van der Waals surface area contributed by atoms with Crippen molar-refractivity contribution in [2.45, 2.75) is 13.5 Å². The number of aryl methyl sites for hydroxylation is 1. The molecular weight excluding hydrogens is 265 g/mol. The van der Waals surface area contributed by atoms with E-state index < -0.39 is 17.7 Å². The van der Waals surface area contributed by atoms with Crippen LogP contribution in [0.5, 0.6) is 0 Å². The topological polar surface area (TPSA) is 84.2 Å². The molecule has 2 N–H and O–H groups in total. The van der Waals surface area contributed by atoms with Crippen LogP contribution in [0.1, 0.15) is 16.3 Å². The number of nitrogens with one attached hydrogen (secondary N) is 1. The number of hydrogen-bond donors (Lipinski definition) is 2. The van der Waals surface area contributed by atoms with Gasteiger partial charge < -0.3 is 15.0 Å². The van der Waals surface area contributed by atoms with E-state index >= 15 is 0 Å². The number of halogens is 1. The Hall–Kier alpha value is -2.70. The number of carbonyl (C=O) groups excluding carboxylic acids is 1. The number of aromatic carboxylic acids is 1. The van der Waals surface area contributed by atoms with Crippen LogP contribution in [0.3, 0.4) is 0 Å². The van der Waals surface area contributed by atoms with Crippen molar-refractivity contribution in [2.24, 2.45) is 0 Å². The number of hydrogen-bond acceptors (Lipinski definition) is 3. The highest BCUT2D eigenvalue weighted by Crippen LogP contribution is 2.13. The molecule has 0 saturated heterocycles. The molecule has 0 aliphatic heterocycles. The maximum Gasteiger partial charge on any atom is 0.354 e. The summed E-state index contributed by atoms with van der Waals surface area (Å²) in [5.41, 5.74) is -0.0432.